The molecule has 0 aliphatic carbocycles. The zero-order valence-corrected chi connectivity index (χ0v) is 14.9. The van der Waals surface area contributed by atoms with Gasteiger partial charge in [-0.15, -0.1) is 10.2 Å². The normalized spacial score (nSPS) is 13.5. The molecular weight excluding hydrogens is 328 g/mol. The fourth-order valence-corrected chi connectivity index (χ4v) is 2.58. The Morgan fingerprint density at radius 1 is 1.08 bits per heavy atom. The maximum atomic E-state index is 5.97. The van der Waals surface area contributed by atoms with Crippen molar-refractivity contribution in [2.75, 3.05) is 18.8 Å². The first-order valence-corrected chi connectivity index (χ1v) is 8.73. The van der Waals surface area contributed by atoms with Crippen LogP contribution >= 0.6 is 0 Å². The summed E-state index contributed by atoms with van der Waals surface area (Å²) in [5, 5.41) is 11.4. The molecule has 0 amide bonds. The van der Waals surface area contributed by atoms with Crippen LogP contribution in [-0.2, 0) is 0 Å². The fraction of sp³-hybridized carbons (Fsp3) is 0.263. The van der Waals surface area contributed by atoms with E-state index < -0.39 is 0 Å². The molecule has 0 unspecified atom stereocenters. The quantitative estimate of drug-likeness (QED) is 0.748. The number of hydrogen-bond acceptors (Lipinski definition) is 7. The third-order valence-electron chi connectivity index (χ3n) is 3.84. The summed E-state index contributed by atoms with van der Waals surface area (Å²) in [5.41, 5.74) is 9.17. The lowest BCUT2D eigenvalue weighted by atomic mass is 10.1. The Balaban J connectivity index is 0.000000948. The number of nitrogen functional groups attached to an aromatic ring is 1. The van der Waals surface area contributed by atoms with E-state index in [1.54, 1.807) is 6.20 Å². The van der Waals surface area contributed by atoms with E-state index in [4.69, 9.17) is 10.2 Å². The second-order valence-corrected chi connectivity index (χ2v) is 5.45. The van der Waals surface area contributed by atoms with Gasteiger partial charge in [0.1, 0.15) is 0 Å². The lowest BCUT2D eigenvalue weighted by Gasteiger charge is -2.13. The first-order valence-electron chi connectivity index (χ1n) is 8.73. The molecule has 1 aliphatic heterocycles. The molecule has 3 N–H and O–H groups in total. The average molecular weight is 350 g/mol. The number of nitrogens with two attached hydrogens (primary N) is 1. The molecule has 0 spiro atoms. The third-order valence-corrected chi connectivity index (χ3v) is 3.84. The summed E-state index contributed by atoms with van der Waals surface area (Å²) in [6.45, 7) is 5.75. The summed E-state index contributed by atoms with van der Waals surface area (Å²) in [6.07, 6.45) is 4.69. The van der Waals surface area contributed by atoms with E-state index in [1.807, 2.05) is 44.2 Å². The van der Waals surface area contributed by atoms with Crippen molar-refractivity contribution in [1.82, 2.24) is 25.5 Å². The van der Waals surface area contributed by atoms with Crippen molar-refractivity contribution < 1.29 is 4.42 Å². The van der Waals surface area contributed by atoms with E-state index in [2.05, 4.69) is 31.6 Å². The van der Waals surface area contributed by atoms with Gasteiger partial charge in [0.05, 0.1) is 11.9 Å². The van der Waals surface area contributed by atoms with Crippen molar-refractivity contribution in [3.05, 3.63) is 48.3 Å². The first-order chi connectivity index (χ1) is 12.8. The number of anilines is 1. The van der Waals surface area contributed by atoms with Gasteiger partial charge in [-0.1, -0.05) is 38.1 Å². The van der Waals surface area contributed by atoms with Crippen LogP contribution in [0, 0.1) is 0 Å². The van der Waals surface area contributed by atoms with Crippen LogP contribution in [0.15, 0.2) is 47.0 Å². The number of hydrogen-bond donors (Lipinski definition) is 2. The highest BCUT2D eigenvalue weighted by Crippen LogP contribution is 2.27. The van der Waals surface area contributed by atoms with Gasteiger partial charge in [-0.3, -0.25) is 0 Å². The van der Waals surface area contributed by atoms with E-state index in [0.717, 1.165) is 36.3 Å². The van der Waals surface area contributed by atoms with Crippen LogP contribution in [0.2, 0.25) is 0 Å². The van der Waals surface area contributed by atoms with Crippen LogP contribution in [0.3, 0.4) is 0 Å². The van der Waals surface area contributed by atoms with Crippen molar-refractivity contribution in [2.45, 2.75) is 20.3 Å². The summed E-state index contributed by atoms with van der Waals surface area (Å²) in [7, 11) is 0. The minimum absolute atomic E-state index is 0.273. The summed E-state index contributed by atoms with van der Waals surface area (Å²) in [5.74, 6) is 0.977. The molecule has 7 heteroatoms. The number of aromatic nitrogens is 4. The van der Waals surface area contributed by atoms with E-state index in [1.165, 1.54) is 0 Å². The largest absolute Gasteiger partial charge is 0.414 e. The molecule has 134 valence electrons. The highest BCUT2D eigenvalue weighted by atomic mass is 16.4. The monoisotopic (exact) mass is 350 g/mol. The number of nitrogens with one attached hydrogen (secondary N) is 1. The number of rotatable bonds is 3. The lowest BCUT2D eigenvalue weighted by molar-refractivity contribution is 0.582. The van der Waals surface area contributed by atoms with Crippen LogP contribution in [0.4, 0.5) is 5.82 Å². The Labute approximate surface area is 152 Å². The van der Waals surface area contributed by atoms with Crippen molar-refractivity contribution in [3.8, 4) is 23.0 Å². The molecule has 0 fully saturated rings. The Morgan fingerprint density at radius 3 is 2.58 bits per heavy atom. The molecule has 4 rings (SSSR count). The molecule has 7 nitrogen and oxygen atoms in total. The van der Waals surface area contributed by atoms with Gasteiger partial charge in [-0.05, 0) is 30.7 Å². The van der Waals surface area contributed by atoms with Crippen LogP contribution in [0.5, 0.6) is 0 Å². The highest BCUT2D eigenvalue weighted by Gasteiger charge is 2.17. The minimum atomic E-state index is 0.273. The second-order valence-electron chi connectivity index (χ2n) is 5.45. The fourth-order valence-electron chi connectivity index (χ4n) is 2.58. The van der Waals surface area contributed by atoms with Gasteiger partial charge in [0.15, 0.2) is 11.5 Å². The number of benzene rings is 1. The minimum Gasteiger partial charge on any atom is -0.414 e. The smallest absolute Gasteiger partial charge is 0.270 e. The van der Waals surface area contributed by atoms with Gasteiger partial charge in [-0.2, -0.15) is 0 Å². The zero-order valence-electron chi connectivity index (χ0n) is 14.9. The van der Waals surface area contributed by atoms with Crippen LogP contribution < -0.4 is 11.1 Å². The molecule has 26 heavy (non-hydrogen) atoms. The predicted molar refractivity (Wildman–Crippen MR) is 102 cm³/mol. The van der Waals surface area contributed by atoms with Gasteiger partial charge in [0.25, 0.3) is 5.89 Å². The Bertz CT molecular complexity index is 888. The van der Waals surface area contributed by atoms with Gasteiger partial charge in [0.2, 0.25) is 5.89 Å². The molecule has 3 heterocycles. The predicted octanol–water partition coefficient (Wildman–Crippen LogP) is 3.18. The standard InChI is InChI=1S/C17H16N6O.C2H6/c18-15-14(21-13(10-20-15)11-6-8-19-9-7-11)17-23-22-16(24-17)12-4-2-1-3-5-12;1-2/h1-6,10,19H,7-9H2,(H2,18,20);1-2H3. The van der Waals surface area contributed by atoms with Crippen molar-refractivity contribution in [1.29, 1.82) is 0 Å². The molecule has 0 saturated heterocycles. The Morgan fingerprint density at radius 2 is 1.85 bits per heavy atom. The molecule has 0 bridgehead atoms. The number of nitrogens with zero attached hydrogens (tertiary/aromatic N) is 4. The Kier molecular flexibility index (Phi) is 5.70. The molecule has 3 aromatic rings. The summed E-state index contributed by atoms with van der Waals surface area (Å²) in [6, 6.07) is 9.57. The first kappa shape index (κ1) is 17.8. The van der Waals surface area contributed by atoms with Crippen LogP contribution in [0.1, 0.15) is 26.0 Å². The van der Waals surface area contributed by atoms with E-state index in [-0.39, 0.29) is 11.7 Å². The maximum absolute atomic E-state index is 5.97. The summed E-state index contributed by atoms with van der Waals surface area (Å²) < 4.78 is 5.74. The van der Waals surface area contributed by atoms with Gasteiger partial charge in [-0.25, -0.2) is 9.97 Å². The van der Waals surface area contributed by atoms with E-state index in [9.17, 15) is 0 Å². The van der Waals surface area contributed by atoms with Crippen molar-refractivity contribution in [2.24, 2.45) is 0 Å². The maximum Gasteiger partial charge on any atom is 0.270 e. The second kappa shape index (κ2) is 8.35. The lowest BCUT2D eigenvalue weighted by Crippen LogP contribution is -2.20. The van der Waals surface area contributed by atoms with Crippen molar-refractivity contribution >= 4 is 11.4 Å². The van der Waals surface area contributed by atoms with Gasteiger partial charge < -0.3 is 15.5 Å². The third kappa shape index (κ3) is 3.78. The van der Waals surface area contributed by atoms with Crippen molar-refractivity contribution in [3.63, 3.8) is 0 Å². The molecule has 0 radical (unpaired) electrons. The highest BCUT2D eigenvalue weighted by molar-refractivity contribution is 5.69. The van der Waals surface area contributed by atoms with Crippen LogP contribution in [0.25, 0.3) is 28.6 Å². The molecule has 2 aromatic heterocycles. The molecule has 1 aliphatic rings. The molecule has 0 atom stereocenters. The van der Waals surface area contributed by atoms with E-state index in [0.29, 0.717) is 11.6 Å². The Hall–Kier alpha value is -3.06. The van der Waals surface area contributed by atoms with Gasteiger partial charge in [0, 0.05) is 12.1 Å². The molecular formula is C19H22N6O. The summed E-state index contributed by atoms with van der Waals surface area (Å²) >= 11 is 0. The topological polar surface area (TPSA) is 103 Å². The van der Waals surface area contributed by atoms with Crippen LogP contribution in [-0.4, -0.2) is 33.3 Å². The molecule has 0 saturated carbocycles. The molecule has 1 aromatic carbocycles. The SMILES string of the molecule is CC.Nc1ncc(C2=CCNCC2)nc1-c1nnc(-c2ccccc2)o1. The average Bonchev–Trinajstić information content (AvgIpc) is 3.21. The van der Waals surface area contributed by atoms with Gasteiger partial charge >= 0.3 is 0 Å². The summed E-state index contributed by atoms with van der Waals surface area (Å²) in [4.78, 5) is 8.83. The zero-order chi connectivity index (χ0) is 18.4. The van der Waals surface area contributed by atoms with E-state index >= 15 is 0 Å².